The molecule has 1 N–H and O–H groups in total. The summed E-state index contributed by atoms with van der Waals surface area (Å²) in [4.78, 5) is 21.2. The van der Waals surface area contributed by atoms with E-state index >= 15 is 0 Å². The van der Waals surface area contributed by atoms with Crippen LogP contribution in [0, 0.1) is 26.7 Å². The third kappa shape index (κ3) is 3.32. The quantitative estimate of drug-likeness (QED) is 0.914. The second kappa shape index (κ2) is 5.87. The van der Waals surface area contributed by atoms with Crippen LogP contribution in [0.25, 0.3) is 0 Å². The molecule has 1 fully saturated rings. The van der Waals surface area contributed by atoms with Crippen LogP contribution in [0.4, 0.5) is 0 Å². The highest BCUT2D eigenvalue weighted by atomic mass is 16.2. The fraction of sp³-hybridized carbons (Fsp3) is 0.500. The van der Waals surface area contributed by atoms with Crippen molar-refractivity contribution in [3.05, 3.63) is 41.2 Å². The van der Waals surface area contributed by atoms with Crippen LogP contribution in [0.5, 0.6) is 0 Å². The predicted molar refractivity (Wildman–Crippen MR) is 82.1 cm³/mol. The number of carbonyl (C=O) groups excluding carboxylic acids is 1. The first-order valence-electron chi connectivity index (χ1n) is 7.63. The largest absolute Gasteiger partial charge is 0.344 e. The monoisotopic (exact) mass is 299 g/mol. The standard InChI is InChI=1S/C16H21N5O/c1-10-6-7-17-16(18-10)15(13-4-5-13)19-14(22)9-21-12(3)8-11(2)20-21/h6-8,13,15H,4-5,9H2,1-3H3,(H,19,22)/t15-/m1/s1. The van der Waals surface area contributed by atoms with Crippen molar-refractivity contribution in [2.75, 3.05) is 0 Å². The van der Waals surface area contributed by atoms with E-state index < -0.39 is 0 Å². The van der Waals surface area contributed by atoms with Crippen LogP contribution in [0.1, 0.15) is 41.8 Å². The highest BCUT2D eigenvalue weighted by Gasteiger charge is 2.35. The Hall–Kier alpha value is -2.24. The third-order valence-corrected chi connectivity index (χ3v) is 3.90. The average Bonchev–Trinajstić information content (AvgIpc) is 3.23. The van der Waals surface area contributed by atoms with E-state index in [4.69, 9.17) is 0 Å². The summed E-state index contributed by atoms with van der Waals surface area (Å²) in [5.41, 5.74) is 2.83. The second-order valence-electron chi connectivity index (χ2n) is 6.02. The maximum Gasteiger partial charge on any atom is 0.242 e. The fourth-order valence-electron chi connectivity index (χ4n) is 2.63. The van der Waals surface area contributed by atoms with Crippen LogP contribution in [-0.4, -0.2) is 25.7 Å². The van der Waals surface area contributed by atoms with Crippen LogP contribution in [0.15, 0.2) is 18.3 Å². The van der Waals surface area contributed by atoms with Gasteiger partial charge in [0.05, 0.1) is 11.7 Å². The summed E-state index contributed by atoms with van der Waals surface area (Å²) in [6, 6.07) is 3.74. The zero-order valence-corrected chi connectivity index (χ0v) is 13.2. The number of aryl methyl sites for hydroxylation is 3. The molecule has 2 heterocycles. The van der Waals surface area contributed by atoms with Crippen LogP contribution in [0.2, 0.25) is 0 Å². The van der Waals surface area contributed by atoms with Gasteiger partial charge >= 0.3 is 0 Å². The molecule has 1 aliphatic rings. The number of amides is 1. The molecule has 1 atom stereocenters. The zero-order chi connectivity index (χ0) is 15.7. The molecular weight excluding hydrogens is 278 g/mol. The van der Waals surface area contributed by atoms with Gasteiger partial charge in [-0.1, -0.05) is 0 Å². The van der Waals surface area contributed by atoms with Gasteiger partial charge in [-0.05, 0) is 51.7 Å². The Bertz CT molecular complexity index is 690. The molecule has 1 saturated carbocycles. The summed E-state index contributed by atoms with van der Waals surface area (Å²) in [7, 11) is 0. The van der Waals surface area contributed by atoms with E-state index in [1.54, 1.807) is 10.9 Å². The summed E-state index contributed by atoms with van der Waals surface area (Å²) in [5, 5.41) is 7.41. The van der Waals surface area contributed by atoms with E-state index in [-0.39, 0.29) is 18.5 Å². The second-order valence-corrected chi connectivity index (χ2v) is 6.02. The van der Waals surface area contributed by atoms with E-state index in [0.29, 0.717) is 11.7 Å². The van der Waals surface area contributed by atoms with Crippen molar-refractivity contribution in [1.29, 1.82) is 0 Å². The lowest BCUT2D eigenvalue weighted by Crippen LogP contribution is -2.34. The highest BCUT2D eigenvalue weighted by molar-refractivity contribution is 5.76. The highest BCUT2D eigenvalue weighted by Crippen LogP contribution is 2.39. The molecule has 0 radical (unpaired) electrons. The molecule has 6 nitrogen and oxygen atoms in total. The van der Waals surface area contributed by atoms with Gasteiger partial charge in [-0.2, -0.15) is 5.10 Å². The molecular formula is C16H21N5O. The first kappa shape index (κ1) is 14.7. The van der Waals surface area contributed by atoms with Crippen molar-refractivity contribution in [2.24, 2.45) is 5.92 Å². The predicted octanol–water partition coefficient (Wildman–Crippen LogP) is 1.87. The van der Waals surface area contributed by atoms with Crippen molar-refractivity contribution >= 4 is 5.91 Å². The molecule has 22 heavy (non-hydrogen) atoms. The number of aromatic nitrogens is 4. The summed E-state index contributed by atoms with van der Waals surface area (Å²) in [5.74, 6) is 1.11. The van der Waals surface area contributed by atoms with Crippen LogP contribution < -0.4 is 5.32 Å². The summed E-state index contributed by atoms with van der Waals surface area (Å²) >= 11 is 0. The fourth-order valence-corrected chi connectivity index (χ4v) is 2.63. The number of hydrogen-bond acceptors (Lipinski definition) is 4. The Morgan fingerprint density at radius 1 is 1.36 bits per heavy atom. The van der Waals surface area contributed by atoms with Crippen molar-refractivity contribution in [1.82, 2.24) is 25.1 Å². The average molecular weight is 299 g/mol. The first-order valence-corrected chi connectivity index (χ1v) is 7.63. The molecule has 0 aromatic carbocycles. The molecule has 0 saturated heterocycles. The minimum Gasteiger partial charge on any atom is -0.344 e. The lowest BCUT2D eigenvalue weighted by Gasteiger charge is -2.17. The first-order chi connectivity index (χ1) is 10.5. The van der Waals surface area contributed by atoms with E-state index in [1.807, 2.05) is 32.9 Å². The topological polar surface area (TPSA) is 72.7 Å². The van der Waals surface area contributed by atoms with Gasteiger partial charge in [0, 0.05) is 17.6 Å². The Balaban J connectivity index is 1.71. The van der Waals surface area contributed by atoms with Gasteiger partial charge in [-0.15, -0.1) is 0 Å². The summed E-state index contributed by atoms with van der Waals surface area (Å²) < 4.78 is 1.73. The van der Waals surface area contributed by atoms with E-state index in [2.05, 4.69) is 20.4 Å². The molecule has 0 bridgehead atoms. The molecule has 6 heteroatoms. The maximum atomic E-state index is 12.3. The van der Waals surface area contributed by atoms with Gasteiger partial charge in [0.15, 0.2) is 5.82 Å². The molecule has 2 aromatic rings. The van der Waals surface area contributed by atoms with Crippen molar-refractivity contribution in [2.45, 2.75) is 46.2 Å². The number of rotatable bonds is 5. The summed E-state index contributed by atoms with van der Waals surface area (Å²) in [6.45, 7) is 6.05. The zero-order valence-electron chi connectivity index (χ0n) is 13.2. The van der Waals surface area contributed by atoms with Gasteiger partial charge in [-0.3, -0.25) is 9.48 Å². The number of nitrogens with one attached hydrogen (secondary N) is 1. The van der Waals surface area contributed by atoms with Crippen molar-refractivity contribution < 1.29 is 4.79 Å². The van der Waals surface area contributed by atoms with E-state index in [9.17, 15) is 4.79 Å². The van der Waals surface area contributed by atoms with Crippen molar-refractivity contribution in [3.8, 4) is 0 Å². The van der Waals surface area contributed by atoms with Gasteiger partial charge in [-0.25, -0.2) is 9.97 Å². The Labute approximate surface area is 130 Å². The lowest BCUT2D eigenvalue weighted by atomic mass is 10.1. The normalized spacial score (nSPS) is 15.6. The van der Waals surface area contributed by atoms with Gasteiger partial charge in [0.1, 0.15) is 6.54 Å². The number of carbonyl (C=O) groups is 1. The van der Waals surface area contributed by atoms with Gasteiger partial charge < -0.3 is 5.32 Å². The minimum absolute atomic E-state index is 0.0480. The van der Waals surface area contributed by atoms with Crippen molar-refractivity contribution in [3.63, 3.8) is 0 Å². The number of nitrogens with zero attached hydrogens (tertiary/aromatic N) is 4. The Kier molecular flexibility index (Phi) is 3.92. The third-order valence-electron chi connectivity index (χ3n) is 3.90. The van der Waals surface area contributed by atoms with E-state index in [1.165, 1.54) is 0 Å². The Morgan fingerprint density at radius 3 is 2.73 bits per heavy atom. The Morgan fingerprint density at radius 2 is 2.14 bits per heavy atom. The van der Waals surface area contributed by atoms with Crippen LogP contribution in [0.3, 0.4) is 0 Å². The SMILES string of the molecule is Cc1ccnc([C@H](NC(=O)Cn2nc(C)cc2C)C2CC2)n1. The molecule has 0 aliphatic heterocycles. The number of hydrogen-bond donors (Lipinski definition) is 1. The minimum atomic E-state index is -0.0932. The lowest BCUT2D eigenvalue weighted by molar-refractivity contribution is -0.122. The molecule has 3 rings (SSSR count). The molecule has 1 amide bonds. The molecule has 2 aromatic heterocycles. The summed E-state index contributed by atoms with van der Waals surface area (Å²) in [6.07, 6.45) is 3.98. The van der Waals surface area contributed by atoms with E-state index in [0.717, 1.165) is 29.9 Å². The molecule has 116 valence electrons. The maximum absolute atomic E-state index is 12.3. The van der Waals surface area contributed by atoms with Gasteiger partial charge in [0.2, 0.25) is 5.91 Å². The smallest absolute Gasteiger partial charge is 0.242 e. The van der Waals surface area contributed by atoms with Crippen LogP contribution >= 0.6 is 0 Å². The van der Waals surface area contributed by atoms with Crippen LogP contribution in [-0.2, 0) is 11.3 Å². The molecule has 1 aliphatic carbocycles. The van der Waals surface area contributed by atoms with Gasteiger partial charge in [0.25, 0.3) is 0 Å². The molecule has 0 spiro atoms. The molecule has 0 unspecified atom stereocenters.